The number of aromatic nitrogens is 1. The molecule has 0 saturated heterocycles. The van der Waals surface area contributed by atoms with E-state index in [1.54, 1.807) is 39.0 Å². The molecule has 1 atom stereocenters. The number of benzene rings is 2. The van der Waals surface area contributed by atoms with E-state index in [0.29, 0.717) is 22.0 Å². The molecule has 3 rings (SSSR count). The van der Waals surface area contributed by atoms with Gasteiger partial charge in [-0.05, 0) is 68.5 Å². The summed E-state index contributed by atoms with van der Waals surface area (Å²) >= 11 is 6.00. The van der Waals surface area contributed by atoms with Gasteiger partial charge in [0.15, 0.2) is 0 Å². The predicted molar refractivity (Wildman–Crippen MR) is 168 cm³/mol. The van der Waals surface area contributed by atoms with Gasteiger partial charge >= 0.3 is 18.1 Å². The van der Waals surface area contributed by atoms with Crippen molar-refractivity contribution < 1.29 is 37.4 Å². The van der Waals surface area contributed by atoms with Crippen molar-refractivity contribution in [2.45, 2.75) is 58.2 Å². The third kappa shape index (κ3) is 11.8. The maximum absolute atomic E-state index is 13.8. The first-order valence-corrected chi connectivity index (χ1v) is 15.0. The van der Waals surface area contributed by atoms with Crippen molar-refractivity contribution in [1.29, 1.82) is 0 Å². The Morgan fingerprint density at radius 2 is 1.74 bits per heavy atom. The Kier molecular flexibility index (Phi) is 13.0. The van der Waals surface area contributed by atoms with Gasteiger partial charge in [-0.3, -0.25) is 14.6 Å². The molecule has 0 saturated carbocycles. The highest BCUT2D eigenvalue weighted by Gasteiger charge is 2.23. The minimum Gasteiger partial charge on any atom is -0.463 e. The smallest absolute Gasteiger partial charge is 0.407 e. The Bertz CT molecular complexity index is 1550. The average molecular weight is 662 g/mol. The highest BCUT2D eigenvalue weighted by molar-refractivity contribution is 6.31. The molecule has 0 aliphatic carbocycles. The molecule has 46 heavy (non-hydrogen) atoms. The molecule has 1 heterocycles. The topological polar surface area (TPSA) is 139 Å². The number of pyridine rings is 1. The second-order valence-electron chi connectivity index (χ2n) is 11.5. The summed E-state index contributed by atoms with van der Waals surface area (Å²) in [5, 5.41) is 9.06. The van der Waals surface area contributed by atoms with Crippen LogP contribution in [0.2, 0.25) is 5.02 Å². The number of hydrogen-bond donors (Lipinski definition) is 3. The quantitative estimate of drug-likeness (QED) is 0.175. The average Bonchev–Trinajstić information content (AvgIpc) is 2.98. The van der Waals surface area contributed by atoms with E-state index in [2.05, 4.69) is 20.9 Å². The van der Waals surface area contributed by atoms with Gasteiger partial charge in [0.1, 0.15) is 23.8 Å². The second kappa shape index (κ2) is 16.7. The van der Waals surface area contributed by atoms with E-state index in [1.165, 1.54) is 42.4 Å². The van der Waals surface area contributed by atoms with Crippen molar-refractivity contribution >= 4 is 46.4 Å². The standard InChI is InChI=1S/C32H38ClF2N5O6/c1-32(2,3)46-31(44)37-13-12-36-27(41)11-10-25(40(4)30(43)39-18-21-6-5-7-26(35)29(21)33)19-45-28(42)16-24-15-22-14-23(34)9-8-20(22)17-38-24/h5-9,14-15,17,25H,10-13,16,18-19H2,1-4H3,(H,36,41)(H,37,44)(H,39,43)/t25-/m0/s1. The number of fused-ring (bicyclic) bond motifs is 1. The largest absolute Gasteiger partial charge is 0.463 e. The van der Waals surface area contributed by atoms with Crippen molar-refractivity contribution in [3.63, 3.8) is 0 Å². The van der Waals surface area contributed by atoms with Gasteiger partial charge in [0.05, 0.1) is 23.2 Å². The van der Waals surface area contributed by atoms with Crippen molar-refractivity contribution in [2.24, 2.45) is 0 Å². The molecule has 14 heteroatoms. The van der Waals surface area contributed by atoms with Crippen molar-refractivity contribution in [1.82, 2.24) is 25.8 Å². The summed E-state index contributed by atoms with van der Waals surface area (Å²) in [5.41, 5.74) is 0.0876. The number of nitrogens with one attached hydrogen (secondary N) is 3. The fourth-order valence-electron chi connectivity index (χ4n) is 4.24. The number of nitrogens with zero attached hydrogens (tertiary/aromatic N) is 2. The van der Waals surface area contributed by atoms with E-state index in [1.807, 2.05) is 0 Å². The minimum absolute atomic E-state index is 0.0280. The number of likely N-dealkylation sites (N-methyl/N-ethyl adjacent to an activating group) is 1. The molecule has 0 bridgehead atoms. The number of carbonyl (C=O) groups excluding carboxylic acids is 4. The Balaban J connectivity index is 1.58. The lowest BCUT2D eigenvalue weighted by Gasteiger charge is -2.28. The SMILES string of the molecule is CN(C(=O)NCc1cccc(F)c1Cl)[C@@H](CCC(=O)NCCNC(=O)OC(C)(C)C)COC(=O)Cc1cc2cc(F)ccc2cn1. The molecule has 0 spiro atoms. The first-order valence-electron chi connectivity index (χ1n) is 14.6. The number of rotatable bonds is 13. The lowest BCUT2D eigenvalue weighted by atomic mass is 10.1. The number of alkyl carbamates (subject to hydrolysis) is 1. The van der Waals surface area contributed by atoms with Gasteiger partial charge in [-0.1, -0.05) is 23.7 Å². The Morgan fingerprint density at radius 3 is 2.48 bits per heavy atom. The van der Waals surface area contributed by atoms with Crippen LogP contribution in [0.4, 0.5) is 18.4 Å². The maximum Gasteiger partial charge on any atom is 0.407 e. The molecule has 0 aliphatic heterocycles. The van der Waals surface area contributed by atoms with E-state index in [4.69, 9.17) is 21.1 Å². The van der Waals surface area contributed by atoms with Crippen LogP contribution in [0.15, 0.2) is 48.7 Å². The summed E-state index contributed by atoms with van der Waals surface area (Å²) < 4.78 is 38.1. The predicted octanol–water partition coefficient (Wildman–Crippen LogP) is 4.88. The van der Waals surface area contributed by atoms with Crippen LogP contribution in [0, 0.1) is 11.6 Å². The fraction of sp³-hybridized carbons (Fsp3) is 0.406. The van der Waals surface area contributed by atoms with Gasteiger partial charge in [-0.2, -0.15) is 0 Å². The Labute approximate surface area is 271 Å². The van der Waals surface area contributed by atoms with Gasteiger partial charge in [-0.25, -0.2) is 18.4 Å². The number of halogens is 3. The lowest BCUT2D eigenvalue weighted by Crippen LogP contribution is -2.46. The molecule has 3 N–H and O–H groups in total. The lowest BCUT2D eigenvalue weighted by molar-refractivity contribution is -0.144. The van der Waals surface area contributed by atoms with E-state index >= 15 is 0 Å². The summed E-state index contributed by atoms with van der Waals surface area (Å²) in [6.45, 7) is 5.19. The van der Waals surface area contributed by atoms with E-state index < -0.39 is 41.4 Å². The monoisotopic (exact) mass is 661 g/mol. The summed E-state index contributed by atoms with van der Waals surface area (Å²) in [6, 6.07) is 8.78. The molecule has 3 aromatic rings. The summed E-state index contributed by atoms with van der Waals surface area (Å²) in [6.07, 6.45) is 0.821. The normalized spacial score (nSPS) is 11.8. The number of amides is 4. The molecular formula is C32H38ClF2N5O6. The van der Waals surface area contributed by atoms with Crippen LogP contribution in [-0.4, -0.2) is 72.3 Å². The van der Waals surface area contributed by atoms with Crippen LogP contribution in [-0.2, 0) is 32.0 Å². The first kappa shape index (κ1) is 36.0. The molecule has 1 aromatic heterocycles. The second-order valence-corrected chi connectivity index (χ2v) is 11.9. The van der Waals surface area contributed by atoms with Crippen LogP contribution in [0.25, 0.3) is 10.8 Å². The Hall–Kier alpha value is -4.52. The number of carbonyl (C=O) groups is 4. The van der Waals surface area contributed by atoms with E-state index in [9.17, 15) is 28.0 Å². The fourth-order valence-corrected chi connectivity index (χ4v) is 4.44. The molecular weight excluding hydrogens is 624 g/mol. The molecule has 4 amide bonds. The summed E-state index contributed by atoms with van der Waals surface area (Å²) in [5.74, 6) is -2.02. The maximum atomic E-state index is 13.8. The minimum atomic E-state index is -0.726. The third-order valence-corrected chi connectivity index (χ3v) is 7.08. The van der Waals surface area contributed by atoms with Crippen LogP contribution >= 0.6 is 11.6 Å². The molecule has 2 aromatic carbocycles. The van der Waals surface area contributed by atoms with Gasteiger partial charge in [0.25, 0.3) is 0 Å². The van der Waals surface area contributed by atoms with Crippen molar-refractivity contribution in [2.75, 3.05) is 26.7 Å². The summed E-state index contributed by atoms with van der Waals surface area (Å²) in [7, 11) is 1.48. The zero-order chi connectivity index (χ0) is 33.9. The highest BCUT2D eigenvalue weighted by Crippen LogP contribution is 2.20. The van der Waals surface area contributed by atoms with Crippen LogP contribution in [0.3, 0.4) is 0 Å². The summed E-state index contributed by atoms with van der Waals surface area (Å²) in [4.78, 5) is 55.6. The van der Waals surface area contributed by atoms with Crippen molar-refractivity contribution in [3.05, 3.63) is 76.6 Å². The highest BCUT2D eigenvalue weighted by atomic mass is 35.5. The molecule has 0 aliphatic rings. The van der Waals surface area contributed by atoms with Crippen LogP contribution in [0.1, 0.15) is 44.9 Å². The van der Waals surface area contributed by atoms with Crippen molar-refractivity contribution in [3.8, 4) is 0 Å². The van der Waals surface area contributed by atoms with Gasteiger partial charge < -0.3 is 30.3 Å². The molecule has 0 unspecified atom stereocenters. The Morgan fingerprint density at radius 1 is 1.00 bits per heavy atom. The van der Waals surface area contributed by atoms with Crippen LogP contribution in [0.5, 0.6) is 0 Å². The van der Waals surface area contributed by atoms with Gasteiger partial charge in [-0.15, -0.1) is 0 Å². The van der Waals surface area contributed by atoms with Crippen LogP contribution < -0.4 is 16.0 Å². The number of urea groups is 1. The molecule has 248 valence electrons. The third-order valence-electron chi connectivity index (χ3n) is 6.65. The zero-order valence-corrected chi connectivity index (χ0v) is 26.9. The number of ether oxygens (including phenoxy) is 2. The molecule has 11 nitrogen and oxygen atoms in total. The molecule has 0 radical (unpaired) electrons. The van der Waals surface area contributed by atoms with Gasteiger partial charge in [0, 0.05) is 44.7 Å². The van der Waals surface area contributed by atoms with Gasteiger partial charge in [0.2, 0.25) is 5.91 Å². The zero-order valence-electron chi connectivity index (χ0n) is 26.1. The first-order chi connectivity index (χ1) is 21.7. The number of hydrogen-bond acceptors (Lipinski definition) is 7. The molecule has 0 fully saturated rings. The van der Waals surface area contributed by atoms with E-state index in [0.717, 1.165) is 0 Å². The van der Waals surface area contributed by atoms with E-state index in [-0.39, 0.29) is 56.4 Å². The number of esters is 1.